The fourth-order valence-corrected chi connectivity index (χ4v) is 3.38. The van der Waals surface area contributed by atoms with Crippen molar-refractivity contribution >= 4 is 15.4 Å². The average molecular weight is 332 g/mol. The van der Waals surface area contributed by atoms with Crippen molar-refractivity contribution in [1.82, 2.24) is 0 Å². The van der Waals surface area contributed by atoms with Crippen LogP contribution < -0.4 is 0 Å². The van der Waals surface area contributed by atoms with Crippen molar-refractivity contribution in [3.05, 3.63) is 71.0 Å². The molecule has 0 unspecified atom stereocenters. The first-order chi connectivity index (χ1) is 10.9. The summed E-state index contributed by atoms with van der Waals surface area (Å²) >= 11 is 0. The van der Waals surface area contributed by atoms with E-state index < -0.39 is 9.84 Å². The molecule has 1 aliphatic rings. The van der Waals surface area contributed by atoms with Crippen molar-refractivity contribution in [2.45, 2.75) is 11.3 Å². The second-order valence-electron chi connectivity index (χ2n) is 5.59. The third kappa shape index (κ3) is 3.51. The van der Waals surface area contributed by atoms with Gasteiger partial charge >= 0.3 is 0 Å². The number of hydrogen-bond donors (Lipinski definition) is 0. The molecule has 3 rings (SSSR count). The van der Waals surface area contributed by atoms with E-state index in [0.717, 1.165) is 28.7 Å². The maximum absolute atomic E-state index is 13.6. The lowest BCUT2D eigenvalue weighted by Crippen LogP contribution is -1.99. The van der Waals surface area contributed by atoms with E-state index in [9.17, 15) is 12.8 Å². The van der Waals surface area contributed by atoms with Crippen LogP contribution >= 0.6 is 0 Å². The number of rotatable bonds is 3. The standard InChI is InChI=1S/C18H17FO3S/c1-23(20,21)17-7-5-13(6-8-17)18(15-9-10-22-12-15)14-3-2-4-16(19)11-14/h2-8,11H,9-10,12H2,1H3/b18-15-. The Bertz CT molecular complexity index is 844. The number of sulfone groups is 1. The van der Waals surface area contributed by atoms with E-state index in [0.29, 0.717) is 13.2 Å². The predicted molar refractivity (Wildman–Crippen MR) is 87.4 cm³/mol. The summed E-state index contributed by atoms with van der Waals surface area (Å²) < 4.78 is 42.3. The Morgan fingerprint density at radius 3 is 2.39 bits per heavy atom. The third-order valence-corrected chi connectivity index (χ3v) is 4.99. The topological polar surface area (TPSA) is 43.4 Å². The second-order valence-corrected chi connectivity index (χ2v) is 7.60. The molecule has 120 valence electrons. The molecule has 3 nitrogen and oxygen atoms in total. The van der Waals surface area contributed by atoms with E-state index in [1.54, 1.807) is 30.3 Å². The smallest absolute Gasteiger partial charge is 0.175 e. The van der Waals surface area contributed by atoms with Crippen molar-refractivity contribution in [2.75, 3.05) is 19.5 Å². The van der Waals surface area contributed by atoms with Gasteiger partial charge in [-0.15, -0.1) is 0 Å². The van der Waals surface area contributed by atoms with Gasteiger partial charge in [0.15, 0.2) is 9.84 Å². The molecule has 1 saturated heterocycles. The van der Waals surface area contributed by atoms with Crippen LogP contribution in [0, 0.1) is 5.82 Å². The molecule has 2 aromatic rings. The van der Waals surface area contributed by atoms with Crippen LogP contribution in [0.25, 0.3) is 5.57 Å². The molecule has 2 aromatic carbocycles. The first-order valence-corrected chi connectivity index (χ1v) is 9.20. The maximum Gasteiger partial charge on any atom is 0.175 e. The van der Waals surface area contributed by atoms with E-state index >= 15 is 0 Å². The molecule has 1 aliphatic heterocycles. The Labute approximate surface area is 135 Å². The van der Waals surface area contributed by atoms with Crippen LogP contribution in [-0.2, 0) is 14.6 Å². The molecule has 0 N–H and O–H groups in total. The van der Waals surface area contributed by atoms with Crippen LogP contribution in [0.2, 0.25) is 0 Å². The Morgan fingerprint density at radius 1 is 1.09 bits per heavy atom. The molecule has 1 heterocycles. The summed E-state index contributed by atoms with van der Waals surface area (Å²) in [7, 11) is -3.24. The van der Waals surface area contributed by atoms with Crippen LogP contribution in [0.5, 0.6) is 0 Å². The van der Waals surface area contributed by atoms with Crippen LogP contribution in [0.4, 0.5) is 4.39 Å². The molecule has 1 fully saturated rings. The summed E-state index contributed by atoms with van der Waals surface area (Å²) in [6.07, 6.45) is 1.97. The highest BCUT2D eigenvalue weighted by Crippen LogP contribution is 2.31. The van der Waals surface area contributed by atoms with E-state index in [4.69, 9.17) is 4.74 Å². The maximum atomic E-state index is 13.6. The summed E-state index contributed by atoms with van der Waals surface area (Å²) in [5.74, 6) is -0.299. The summed E-state index contributed by atoms with van der Waals surface area (Å²) in [4.78, 5) is 0.271. The minimum atomic E-state index is -3.24. The van der Waals surface area contributed by atoms with Crippen LogP contribution in [-0.4, -0.2) is 27.9 Å². The molecule has 0 atom stereocenters. The Morgan fingerprint density at radius 2 is 1.83 bits per heavy atom. The quantitative estimate of drug-likeness (QED) is 0.865. The minimum absolute atomic E-state index is 0.271. The van der Waals surface area contributed by atoms with Gasteiger partial charge in [-0.2, -0.15) is 0 Å². The summed E-state index contributed by atoms with van der Waals surface area (Å²) in [5, 5.41) is 0. The highest BCUT2D eigenvalue weighted by molar-refractivity contribution is 7.90. The number of ether oxygens (including phenoxy) is 1. The van der Waals surface area contributed by atoms with Crippen molar-refractivity contribution in [1.29, 1.82) is 0 Å². The molecule has 0 amide bonds. The fourth-order valence-electron chi connectivity index (χ4n) is 2.75. The molecule has 5 heteroatoms. The van der Waals surface area contributed by atoms with Gasteiger partial charge in [-0.25, -0.2) is 12.8 Å². The van der Waals surface area contributed by atoms with Gasteiger partial charge in [-0.3, -0.25) is 0 Å². The highest BCUT2D eigenvalue weighted by atomic mass is 32.2. The molecular weight excluding hydrogens is 315 g/mol. The second kappa shape index (κ2) is 6.26. The molecular formula is C18H17FO3S. The van der Waals surface area contributed by atoms with Gasteiger partial charge in [0.05, 0.1) is 18.1 Å². The summed E-state index contributed by atoms with van der Waals surface area (Å²) in [5.41, 5.74) is 3.66. The molecule has 23 heavy (non-hydrogen) atoms. The zero-order valence-electron chi connectivity index (χ0n) is 12.8. The van der Waals surface area contributed by atoms with Crippen LogP contribution in [0.15, 0.2) is 59.0 Å². The van der Waals surface area contributed by atoms with E-state index in [1.807, 2.05) is 6.07 Å². The van der Waals surface area contributed by atoms with Crippen molar-refractivity contribution in [3.63, 3.8) is 0 Å². The molecule has 0 saturated carbocycles. The molecule has 0 aliphatic carbocycles. The zero-order valence-corrected chi connectivity index (χ0v) is 13.6. The Kier molecular flexibility index (Phi) is 4.33. The number of hydrogen-bond acceptors (Lipinski definition) is 3. The lowest BCUT2D eigenvalue weighted by atomic mass is 9.92. The first-order valence-electron chi connectivity index (χ1n) is 7.31. The fraction of sp³-hybridized carbons (Fsp3) is 0.222. The minimum Gasteiger partial charge on any atom is -0.377 e. The molecule has 0 bridgehead atoms. The lowest BCUT2D eigenvalue weighted by Gasteiger charge is -2.13. The predicted octanol–water partition coefficient (Wildman–Crippen LogP) is 3.45. The van der Waals surface area contributed by atoms with Gasteiger partial charge in [-0.05, 0) is 53.0 Å². The van der Waals surface area contributed by atoms with E-state index in [2.05, 4.69) is 0 Å². The highest BCUT2D eigenvalue weighted by Gasteiger charge is 2.17. The SMILES string of the molecule is CS(=O)(=O)c1ccc(/C(=C2\CCOC2)c2cccc(F)c2)cc1. The van der Waals surface area contributed by atoms with E-state index in [-0.39, 0.29) is 10.7 Å². The van der Waals surface area contributed by atoms with Gasteiger partial charge < -0.3 is 4.74 Å². The van der Waals surface area contributed by atoms with Crippen molar-refractivity contribution < 1.29 is 17.5 Å². The molecule has 0 radical (unpaired) electrons. The van der Waals surface area contributed by atoms with Gasteiger partial charge in [-0.1, -0.05) is 24.3 Å². The third-order valence-electron chi connectivity index (χ3n) is 3.86. The Balaban J connectivity index is 2.12. The van der Waals surface area contributed by atoms with E-state index in [1.165, 1.54) is 18.4 Å². The average Bonchev–Trinajstić information content (AvgIpc) is 3.01. The van der Waals surface area contributed by atoms with Gasteiger partial charge in [0, 0.05) is 6.26 Å². The van der Waals surface area contributed by atoms with Gasteiger partial charge in [0.1, 0.15) is 5.82 Å². The summed E-state index contributed by atoms with van der Waals surface area (Å²) in [6, 6.07) is 13.1. The largest absolute Gasteiger partial charge is 0.377 e. The number of benzene rings is 2. The summed E-state index contributed by atoms with van der Waals surface area (Å²) in [6.45, 7) is 1.16. The zero-order chi connectivity index (χ0) is 16.4. The monoisotopic (exact) mass is 332 g/mol. The lowest BCUT2D eigenvalue weighted by molar-refractivity contribution is 0.205. The van der Waals surface area contributed by atoms with Gasteiger partial charge in [0.2, 0.25) is 0 Å². The molecule has 0 aromatic heterocycles. The van der Waals surface area contributed by atoms with Crippen LogP contribution in [0.3, 0.4) is 0 Å². The van der Waals surface area contributed by atoms with Crippen molar-refractivity contribution in [2.24, 2.45) is 0 Å². The van der Waals surface area contributed by atoms with Gasteiger partial charge in [0.25, 0.3) is 0 Å². The van der Waals surface area contributed by atoms with Crippen molar-refractivity contribution in [3.8, 4) is 0 Å². The van der Waals surface area contributed by atoms with Crippen LogP contribution in [0.1, 0.15) is 17.5 Å². The first kappa shape index (κ1) is 15.9. The number of halogens is 1. The Hall–Kier alpha value is -1.98. The normalized spacial score (nSPS) is 17.3. The molecule has 0 spiro atoms.